The van der Waals surface area contributed by atoms with Gasteiger partial charge in [0.15, 0.2) is 5.78 Å². The fourth-order valence-corrected chi connectivity index (χ4v) is 2.83. The lowest BCUT2D eigenvalue weighted by atomic mass is 9.97. The molecule has 0 amide bonds. The molecule has 2 N–H and O–H groups in total. The van der Waals surface area contributed by atoms with E-state index in [9.17, 15) is 4.79 Å². The van der Waals surface area contributed by atoms with Gasteiger partial charge in [-0.2, -0.15) is 0 Å². The van der Waals surface area contributed by atoms with Crippen LogP contribution in [0.2, 0.25) is 5.02 Å². The Morgan fingerprint density at radius 3 is 2.76 bits per heavy atom. The summed E-state index contributed by atoms with van der Waals surface area (Å²) in [5, 5.41) is 0.409. The average Bonchev–Trinajstić information content (AvgIpc) is 2.73. The first kappa shape index (κ1) is 14.0. The number of anilines is 1. The summed E-state index contributed by atoms with van der Waals surface area (Å²) in [7, 11) is 0. The largest absolute Gasteiger partial charge is 0.487 e. The number of rotatable bonds is 2. The Labute approximate surface area is 128 Å². The highest BCUT2D eigenvalue weighted by Gasteiger charge is 2.30. The molecule has 0 aliphatic carbocycles. The smallest absolute Gasteiger partial charge is 0.194 e. The van der Waals surface area contributed by atoms with Crippen molar-refractivity contribution in [1.29, 1.82) is 0 Å². The number of halogens is 1. The van der Waals surface area contributed by atoms with E-state index in [0.29, 0.717) is 21.8 Å². The molecule has 108 valence electrons. The van der Waals surface area contributed by atoms with Gasteiger partial charge in [0.05, 0.1) is 5.02 Å². The molecule has 0 spiro atoms. The Morgan fingerprint density at radius 2 is 2.00 bits per heavy atom. The van der Waals surface area contributed by atoms with Gasteiger partial charge in [-0.15, -0.1) is 0 Å². The minimum atomic E-state index is -0.223. The fraction of sp³-hybridized carbons (Fsp3) is 0.235. The zero-order chi connectivity index (χ0) is 15.2. The lowest BCUT2D eigenvalue weighted by Gasteiger charge is -2.16. The van der Waals surface area contributed by atoms with Crippen LogP contribution in [0.5, 0.6) is 5.75 Å². The number of nitrogens with two attached hydrogens (primary N) is 1. The molecule has 0 radical (unpaired) electrons. The molecule has 3 rings (SSSR count). The molecular formula is C17H16ClNO2. The van der Waals surface area contributed by atoms with E-state index in [1.807, 2.05) is 26.0 Å². The maximum Gasteiger partial charge on any atom is 0.194 e. The SMILES string of the molecule is CC1(C)Cc2cc(C(=O)c3cc(N)ccc3Cl)ccc2O1. The lowest BCUT2D eigenvalue weighted by Crippen LogP contribution is -2.24. The highest BCUT2D eigenvalue weighted by Crippen LogP contribution is 2.35. The summed E-state index contributed by atoms with van der Waals surface area (Å²) in [6, 6.07) is 10.4. The number of ether oxygens (including phenoxy) is 1. The maximum absolute atomic E-state index is 12.6. The molecule has 3 nitrogen and oxygen atoms in total. The summed E-state index contributed by atoms with van der Waals surface area (Å²) in [5.74, 6) is 0.718. The molecule has 1 aliphatic rings. The second-order valence-corrected chi connectivity index (χ2v) is 6.34. The van der Waals surface area contributed by atoms with E-state index < -0.39 is 0 Å². The summed E-state index contributed by atoms with van der Waals surface area (Å²) in [6.45, 7) is 4.06. The zero-order valence-corrected chi connectivity index (χ0v) is 12.7. The van der Waals surface area contributed by atoms with Gasteiger partial charge in [-0.3, -0.25) is 4.79 Å². The monoisotopic (exact) mass is 301 g/mol. The van der Waals surface area contributed by atoms with E-state index in [4.69, 9.17) is 22.1 Å². The lowest BCUT2D eigenvalue weighted by molar-refractivity contribution is 0.103. The van der Waals surface area contributed by atoms with Crippen molar-refractivity contribution in [2.45, 2.75) is 25.9 Å². The van der Waals surface area contributed by atoms with Gasteiger partial charge in [-0.25, -0.2) is 0 Å². The second-order valence-electron chi connectivity index (χ2n) is 5.93. The molecule has 0 fully saturated rings. The quantitative estimate of drug-likeness (QED) is 0.677. The van der Waals surface area contributed by atoms with Gasteiger partial charge in [0.25, 0.3) is 0 Å². The van der Waals surface area contributed by atoms with Gasteiger partial charge >= 0.3 is 0 Å². The number of ketones is 1. The third-order valence-electron chi connectivity index (χ3n) is 3.56. The third kappa shape index (κ3) is 2.61. The summed E-state index contributed by atoms with van der Waals surface area (Å²) in [5.41, 5.74) is 8.11. The molecule has 0 bridgehead atoms. The standard InChI is InChI=1S/C17H16ClNO2/c1-17(2)9-11-7-10(3-6-15(11)21-17)16(20)13-8-12(19)4-5-14(13)18/h3-8H,9,19H2,1-2H3. The minimum Gasteiger partial charge on any atom is -0.487 e. The number of hydrogen-bond donors (Lipinski definition) is 1. The molecule has 0 saturated carbocycles. The van der Waals surface area contributed by atoms with Crippen molar-refractivity contribution in [3.63, 3.8) is 0 Å². The van der Waals surface area contributed by atoms with Crippen LogP contribution in [0, 0.1) is 0 Å². The van der Waals surface area contributed by atoms with E-state index in [1.54, 1.807) is 24.3 Å². The van der Waals surface area contributed by atoms with Crippen molar-refractivity contribution in [1.82, 2.24) is 0 Å². The van der Waals surface area contributed by atoms with Gasteiger partial charge < -0.3 is 10.5 Å². The average molecular weight is 302 g/mol. The highest BCUT2D eigenvalue weighted by atomic mass is 35.5. The van der Waals surface area contributed by atoms with Crippen LogP contribution in [0.3, 0.4) is 0 Å². The summed E-state index contributed by atoms with van der Waals surface area (Å²) < 4.78 is 5.82. The number of hydrogen-bond acceptors (Lipinski definition) is 3. The summed E-state index contributed by atoms with van der Waals surface area (Å²) >= 11 is 6.10. The second kappa shape index (κ2) is 4.78. The molecular weight excluding hydrogens is 286 g/mol. The van der Waals surface area contributed by atoms with Crippen molar-refractivity contribution >= 4 is 23.1 Å². The minimum absolute atomic E-state index is 0.125. The Hall–Kier alpha value is -2.00. The van der Waals surface area contributed by atoms with Crippen molar-refractivity contribution in [2.75, 3.05) is 5.73 Å². The van der Waals surface area contributed by atoms with Gasteiger partial charge in [-0.05, 0) is 55.8 Å². The number of carbonyl (C=O) groups is 1. The van der Waals surface area contributed by atoms with E-state index in [2.05, 4.69) is 0 Å². The molecule has 21 heavy (non-hydrogen) atoms. The van der Waals surface area contributed by atoms with Crippen molar-refractivity contribution in [2.24, 2.45) is 0 Å². The summed E-state index contributed by atoms with van der Waals surface area (Å²) in [6.07, 6.45) is 0.786. The zero-order valence-electron chi connectivity index (χ0n) is 11.9. The fourth-order valence-electron chi connectivity index (χ4n) is 2.62. The van der Waals surface area contributed by atoms with Crippen molar-refractivity contribution < 1.29 is 9.53 Å². The Balaban J connectivity index is 1.99. The predicted molar refractivity (Wildman–Crippen MR) is 84.1 cm³/mol. The van der Waals surface area contributed by atoms with Gasteiger partial charge in [-0.1, -0.05) is 11.6 Å². The first-order chi connectivity index (χ1) is 9.85. The number of fused-ring (bicyclic) bond motifs is 1. The van der Waals surface area contributed by atoms with Crippen LogP contribution in [0.15, 0.2) is 36.4 Å². The van der Waals surface area contributed by atoms with Crippen LogP contribution in [-0.2, 0) is 6.42 Å². The van der Waals surface area contributed by atoms with Crippen LogP contribution >= 0.6 is 11.6 Å². The van der Waals surface area contributed by atoms with Crippen LogP contribution in [-0.4, -0.2) is 11.4 Å². The highest BCUT2D eigenvalue weighted by molar-refractivity contribution is 6.35. The molecule has 1 heterocycles. The Bertz CT molecular complexity index is 738. The normalized spacial score (nSPS) is 15.4. The van der Waals surface area contributed by atoms with Gasteiger partial charge in [0.1, 0.15) is 11.4 Å². The molecule has 0 aromatic heterocycles. The Kier molecular flexibility index (Phi) is 3.18. The van der Waals surface area contributed by atoms with Crippen molar-refractivity contribution in [3.05, 3.63) is 58.1 Å². The van der Waals surface area contributed by atoms with Crippen molar-refractivity contribution in [3.8, 4) is 5.75 Å². The van der Waals surface area contributed by atoms with E-state index >= 15 is 0 Å². The van der Waals surface area contributed by atoms with E-state index in [0.717, 1.165) is 17.7 Å². The third-order valence-corrected chi connectivity index (χ3v) is 3.89. The first-order valence-electron chi connectivity index (χ1n) is 6.77. The van der Waals surface area contributed by atoms with Crippen LogP contribution < -0.4 is 10.5 Å². The number of carbonyl (C=O) groups excluding carboxylic acids is 1. The summed E-state index contributed by atoms with van der Waals surface area (Å²) in [4.78, 5) is 12.6. The molecule has 1 aliphatic heterocycles. The van der Waals surface area contributed by atoms with Crippen LogP contribution in [0.1, 0.15) is 35.3 Å². The topological polar surface area (TPSA) is 52.3 Å². The molecule has 0 atom stereocenters. The number of nitrogen functional groups attached to an aromatic ring is 1. The first-order valence-corrected chi connectivity index (χ1v) is 7.15. The molecule has 2 aromatic rings. The van der Waals surface area contributed by atoms with Crippen LogP contribution in [0.4, 0.5) is 5.69 Å². The molecule has 0 unspecified atom stereocenters. The molecule has 0 saturated heterocycles. The van der Waals surface area contributed by atoms with Crippen LogP contribution in [0.25, 0.3) is 0 Å². The number of benzene rings is 2. The van der Waals surface area contributed by atoms with E-state index in [-0.39, 0.29) is 11.4 Å². The molecule has 2 aromatic carbocycles. The van der Waals surface area contributed by atoms with Gasteiger partial charge in [0.2, 0.25) is 0 Å². The molecule has 4 heteroatoms. The van der Waals surface area contributed by atoms with E-state index in [1.165, 1.54) is 0 Å². The Morgan fingerprint density at radius 1 is 1.24 bits per heavy atom. The predicted octanol–water partition coefficient (Wildman–Crippen LogP) is 3.87. The van der Waals surface area contributed by atoms with Gasteiger partial charge in [0, 0.05) is 23.2 Å². The maximum atomic E-state index is 12.6.